The quantitative estimate of drug-likeness (QED) is 0.582. The van der Waals surface area contributed by atoms with Crippen molar-refractivity contribution in [3.63, 3.8) is 0 Å². The second-order valence-corrected chi connectivity index (χ2v) is 6.64. The maximum atomic E-state index is 13.3. The van der Waals surface area contributed by atoms with Crippen molar-refractivity contribution in [3.05, 3.63) is 35.1 Å². The minimum Gasteiger partial charge on any atom is -0.316 e. The molecule has 0 aromatic heterocycles. The molecule has 21 heavy (non-hydrogen) atoms. The molecule has 0 saturated heterocycles. The summed E-state index contributed by atoms with van der Waals surface area (Å²) in [6.07, 6.45) is 9.10. The van der Waals surface area contributed by atoms with Crippen LogP contribution >= 0.6 is 0 Å². The van der Waals surface area contributed by atoms with Crippen molar-refractivity contribution in [2.45, 2.75) is 58.8 Å². The fraction of sp³-hybridized carbons (Fsp3) is 0.684. The molecule has 1 N–H and O–H groups in total. The molecule has 1 fully saturated rings. The Morgan fingerprint density at radius 3 is 2.62 bits per heavy atom. The topological polar surface area (TPSA) is 12.0 Å². The SMILES string of the molecule is CCCNCC1CCCCCC1Cc1ccc(F)cc1C. The molecular weight excluding hydrogens is 261 g/mol. The lowest BCUT2D eigenvalue weighted by Gasteiger charge is -2.26. The molecule has 2 unspecified atom stereocenters. The van der Waals surface area contributed by atoms with Gasteiger partial charge in [-0.15, -0.1) is 0 Å². The summed E-state index contributed by atoms with van der Waals surface area (Å²) in [6, 6.07) is 5.28. The third kappa shape index (κ3) is 5.10. The minimum absolute atomic E-state index is 0.113. The van der Waals surface area contributed by atoms with E-state index in [4.69, 9.17) is 0 Å². The Hall–Kier alpha value is -0.890. The van der Waals surface area contributed by atoms with Crippen molar-refractivity contribution in [2.75, 3.05) is 13.1 Å². The minimum atomic E-state index is -0.113. The van der Waals surface area contributed by atoms with Crippen molar-refractivity contribution >= 4 is 0 Å². The first-order valence-electron chi connectivity index (χ1n) is 8.66. The Kier molecular flexibility index (Phi) is 6.69. The zero-order valence-corrected chi connectivity index (χ0v) is 13.6. The van der Waals surface area contributed by atoms with Crippen molar-refractivity contribution in [1.82, 2.24) is 5.32 Å². The second-order valence-electron chi connectivity index (χ2n) is 6.64. The van der Waals surface area contributed by atoms with Gasteiger partial charge in [0.1, 0.15) is 5.82 Å². The lowest BCUT2D eigenvalue weighted by Crippen LogP contribution is -2.29. The highest BCUT2D eigenvalue weighted by Gasteiger charge is 2.24. The summed E-state index contributed by atoms with van der Waals surface area (Å²) < 4.78 is 13.3. The molecule has 0 spiro atoms. The largest absolute Gasteiger partial charge is 0.316 e. The Morgan fingerprint density at radius 2 is 1.90 bits per heavy atom. The van der Waals surface area contributed by atoms with Crippen molar-refractivity contribution in [3.8, 4) is 0 Å². The monoisotopic (exact) mass is 291 g/mol. The molecule has 2 heteroatoms. The van der Waals surface area contributed by atoms with Crippen LogP contribution in [0.5, 0.6) is 0 Å². The fourth-order valence-electron chi connectivity index (χ4n) is 3.63. The van der Waals surface area contributed by atoms with E-state index in [1.165, 1.54) is 44.1 Å². The molecule has 0 aliphatic heterocycles. The maximum absolute atomic E-state index is 13.3. The Bertz CT molecular complexity index is 430. The van der Waals surface area contributed by atoms with Gasteiger partial charge in [0, 0.05) is 0 Å². The van der Waals surface area contributed by atoms with Gasteiger partial charge >= 0.3 is 0 Å². The van der Waals surface area contributed by atoms with Gasteiger partial charge in [-0.05, 0) is 80.8 Å². The van der Waals surface area contributed by atoms with Crippen molar-refractivity contribution in [2.24, 2.45) is 11.8 Å². The molecule has 1 aliphatic rings. The average molecular weight is 291 g/mol. The standard InChI is InChI=1S/C19H30FN/c1-3-11-21-14-18-8-6-4-5-7-17(18)13-16-9-10-19(20)12-15(16)2/h9-10,12,17-18,21H,3-8,11,13-14H2,1-2H3. The summed E-state index contributed by atoms with van der Waals surface area (Å²) in [4.78, 5) is 0. The van der Waals surface area contributed by atoms with Gasteiger partial charge in [-0.3, -0.25) is 0 Å². The number of rotatable bonds is 6. The summed E-state index contributed by atoms with van der Waals surface area (Å²) in [6.45, 7) is 6.54. The van der Waals surface area contributed by atoms with Crippen LogP contribution in [-0.2, 0) is 6.42 Å². The zero-order chi connectivity index (χ0) is 15.1. The van der Waals surface area contributed by atoms with E-state index >= 15 is 0 Å². The van der Waals surface area contributed by atoms with Gasteiger partial charge in [-0.25, -0.2) is 4.39 Å². The first-order valence-corrected chi connectivity index (χ1v) is 8.66. The summed E-state index contributed by atoms with van der Waals surface area (Å²) >= 11 is 0. The van der Waals surface area contributed by atoms with E-state index in [-0.39, 0.29) is 5.82 Å². The normalized spacial score (nSPS) is 23.0. The number of halogens is 1. The van der Waals surface area contributed by atoms with Gasteiger partial charge in [-0.2, -0.15) is 0 Å². The van der Waals surface area contributed by atoms with Crippen LogP contribution in [0.2, 0.25) is 0 Å². The van der Waals surface area contributed by atoms with E-state index in [2.05, 4.69) is 12.2 Å². The Balaban J connectivity index is 2.01. The number of benzene rings is 1. The van der Waals surface area contributed by atoms with Crippen molar-refractivity contribution in [1.29, 1.82) is 0 Å². The van der Waals surface area contributed by atoms with Crippen LogP contribution in [0.15, 0.2) is 18.2 Å². The highest BCUT2D eigenvalue weighted by atomic mass is 19.1. The average Bonchev–Trinajstić information content (AvgIpc) is 2.68. The second kappa shape index (κ2) is 8.53. The molecule has 1 aromatic rings. The highest BCUT2D eigenvalue weighted by molar-refractivity contribution is 5.27. The fourth-order valence-corrected chi connectivity index (χ4v) is 3.63. The van der Waals surface area contributed by atoms with Gasteiger partial charge in [0.25, 0.3) is 0 Å². The first-order chi connectivity index (χ1) is 10.2. The number of hydrogen-bond acceptors (Lipinski definition) is 1. The lowest BCUT2D eigenvalue weighted by atomic mass is 9.82. The van der Waals surface area contributed by atoms with Gasteiger partial charge in [0.2, 0.25) is 0 Å². The van der Waals surface area contributed by atoms with E-state index in [1.54, 1.807) is 12.1 Å². The molecule has 2 rings (SSSR count). The molecule has 1 saturated carbocycles. The predicted molar refractivity (Wildman–Crippen MR) is 88.1 cm³/mol. The smallest absolute Gasteiger partial charge is 0.123 e. The van der Waals surface area contributed by atoms with Gasteiger partial charge in [0.05, 0.1) is 0 Å². The van der Waals surface area contributed by atoms with Gasteiger partial charge < -0.3 is 5.32 Å². The Morgan fingerprint density at radius 1 is 1.14 bits per heavy atom. The molecule has 0 bridgehead atoms. The van der Waals surface area contributed by atoms with Crippen LogP contribution < -0.4 is 5.32 Å². The first kappa shape index (κ1) is 16.5. The maximum Gasteiger partial charge on any atom is 0.123 e. The van der Waals surface area contributed by atoms with Gasteiger partial charge in [-0.1, -0.05) is 32.3 Å². The van der Waals surface area contributed by atoms with Crippen LogP contribution in [0.25, 0.3) is 0 Å². The molecular formula is C19H30FN. The molecule has 118 valence electrons. The summed E-state index contributed by atoms with van der Waals surface area (Å²) in [5.74, 6) is 1.42. The molecule has 1 aromatic carbocycles. The van der Waals surface area contributed by atoms with E-state index in [0.29, 0.717) is 0 Å². The van der Waals surface area contributed by atoms with Crippen LogP contribution in [0.4, 0.5) is 4.39 Å². The van der Waals surface area contributed by atoms with Crippen LogP contribution in [0.3, 0.4) is 0 Å². The Labute approximate surface area is 129 Å². The highest BCUT2D eigenvalue weighted by Crippen LogP contribution is 2.32. The predicted octanol–water partition coefficient (Wildman–Crippen LogP) is 4.87. The van der Waals surface area contributed by atoms with E-state index in [9.17, 15) is 4.39 Å². The third-order valence-corrected chi connectivity index (χ3v) is 4.94. The number of nitrogens with one attached hydrogen (secondary N) is 1. The number of hydrogen-bond donors (Lipinski definition) is 1. The summed E-state index contributed by atoms with van der Waals surface area (Å²) in [5, 5.41) is 3.61. The van der Waals surface area contributed by atoms with Gasteiger partial charge in [0.15, 0.2) is 0 Å². The molecule has 0 heterocycles. The van der Waals surface area contributed by atoms with E-state index < -0.39 is 0 Å². The molecule has 1 aliphatic carbocycles. The number of aryl methyl sites for hydroxylation is 1. The van der Waals surface area contributed by atoms with E-state index in [0.717, 1.165) is 36.9 Å². The van der Waals surface area contributed by atoms with Crippen molar-refractivity contribution < 1.29 is 4.39 Å². The molecule has 1 nitrogen and oxygen atoms in total. The zero-order valence-electron chi connectivity index (χ0n) is 13.6. The third-order valence-electron chi connectivity index (χ3n) is 4.94. The molecule has 0 amide bonds. The van der Waals surface area contributed by atoms with Crippen LogP contribution in [0.1, 0.15) is 56.6 Å². The molecule has 0 radical (unpaired) electrons. The van der Waals surface area contributed by atoms with Crippen LogP contribution in [-0.4, -0.2) is 13.1 Å². The lowest BCUT2D eigenvalue weighted by molar-refractivity contribution is 0.298. The molecule has 2 atom stereocenters. The van der Waals surface area contributed by atoms with E-state index in [1.807, 2.05) is 13.0 Å². The summed E-state index contributed by atoms with van der Waals surface area (Å²) in [5.41, 5.74) is 2.45. The summed E-state index contributed by atoms with van der Waals surface area (Å²) in [7, 11) is 0. The van der Waals surface area contributed by atoms with Crippen LogP contribution in [0, 0.1) is 24.6 Å².